The molecule has 2 aromatic carbocycles. The van der Waals surface area contributed by atoms with Crippen LogP contribution in [0.25, 0.3) is 44.1 Å². The van der Waals surface area contributed by atoms with Gasteiger partial charge in [-0.1, -0.05) is 24.3 Å². The van der Waals surface area contributed by atoms with Crippen molar-refractivity contribution >= 4 is 67.4 Å². The first-order valence-electron chi connectivity index (χ1n) is 17.2. The number of rotatable bonds is 12. The Hall–Kier alpha value is -6.38. The number of benzene rings is 2. The molecule has 260 valence electrons. The first-order chi connectivity index (χ1) is 25.5. The summed E-state index contributed by atoms with van der Waals surface area (Å²) in [5.41, 5.74) is 8.22. The smallest absolute Gasteiger partial charge is 0.182 e. The normalized spacial score (nSPS) is 13.9. The second-order valence-electron chi connectivity index (χ2n) is 13.1. The molecule has 1 fully saturated rings. The van der Waals surface area contributed by atoms with Gasteiger partial charge in [0.15, 0.2) is 11.3 Å². The van der Waals surface area contributed by atoms with Crippen LogP contribution in [0.4, 0.5) is 23.3 Å². The number of nitrogens with one attached hydrogen (secondary N) is 5. The topological polar surface area (TPSA) is 189 Å². The number of pyridine rings is 2. The van der Waals surface area contributed by atoms with Crippen LogP contribution >= 0.6 is 0 Å². The van der Waals surface area contributed by atoms with Gasteiger partial charge in [-0.05, 0) is 70.4 Å². The molecule has 8 aromatic rings. The number of H-pyrrole nitrogens is 2. The van der Waals surface area contributed by atoms with E-state index >= 15 is 0 Å². The molecular weight excluding hydrogens is 656 g/mol. The highest BCUT2D eigenvalue weighted by Gasteiger charge is 2.30. The van der Waals surface area contributed by atoms with Crippen LogP contribution in [-0.2, 0) is 13.1 Å². The van der Waals surface area contributed by atoms with Crippen molar-refractivity contribution in [2.45, 2.75) is 25.1 Å². The Morgan fingerprint density at radius 2 is 1.38 bits per heavy atom. The number of aliphatic hydroxyl groups excluding tert-OH is 2. The second-order valence-corrected chi connectivity index (χ2v) is 13.1. The average Bonchev–Trinajstić information content (AvgIpc) is 3.81. The van der Waals surface area contributed by atoms with Gasteiger partial charge in [0.25, 0.3) is 0 Å². The SMILES string of the molecule is OCC(O)CNc1ccc2ncc(NCc3ccc4cc(C5CN(c6ccc7ncc(NCc8ccc9cc[nH]c9c8)nc7n6)C5)[nH]c4c3)nc2n1. The molecule has 7 N–H and O–H groups in total. The fourth-order valence-electron chi connectivity index (χ4n) is 6.50. The predicted molar refractivity (Wildman–Crippen MR) is 202 cm³/mol. The fourth-order valence-corrected chi connectivity index (χ4v) is 6.50. The van der Waals surface area contributed by atoms with E-state index in [2.05, 4.69) is 99.3 Å². The number of nitrogens with zero attached hydrogens (tertiary/aromatic N) is 7. The molecule has 14 heteroatoms. The van der Waals surface area contributed by atoms with Gasteiger partial charge in [-0.15, -0.1) is 0 Å². The molecule has 14 nitrogen and oxygen atoms in total. The number of hydrogen-bond donors (Lipinski definition) is 7. The van der Waals surface area contributed by atoms with Crippen molar-refractivity contribution in [3.05, 3.63) is 108 Å². The fraction of sp³-hybridized carbons (Fsp3) is 0.211. The van der Waals surface area contributed by atoms with E-state index in [0.29, 0.717) is 53.3 Å². The summed E-state index contributed by atoms with van der Waals surface area (Å²) in [6.07, 6.45) is 4.54. The second kappa shape index (κ2) is 13.4. The molecule has 1 aliphatic rings. The van der Waals surface area contributed by atoms with Gasteiger partial charge in [0.1, 0.15) is 34.3 Å². The Labute approximate surface area is 297 Å². The minimum absolute atomic E-state index is 0.188. The maximum Gasteiger partial charge on any atom is 0.182 e. The first kappa shape index (κ1) is 31.6. The summed E-state index contributed by atoms with van der Waals surface area (Å²) in [6.45, 7) is 2.80. The van der Waals surface area contributed by atoms with Gasteiger partial charge in [0, 0.05) is 61.6 Å². The first-order valence-corrected chi connectivity index (χ1v) is 17.2. The Balaban J connectivity index is 0.820. The van der Waals surface area contributed by atoms with Gasteiger partial charge in [-0.2, -0.15) is 0 Å². The third-order valence-corrected chi connectivity index (χ3v) is 9.45. The van der Waals surface area contributed by atoms with Gasteiger partial charge in [-0.3, -0.25) is 0 Å². The molecular formula is C38H36N12O2. The number of fused-ring (bicyclic) bond motifs is 4. The predicted octanol–water partition coefficient (Wildman–Crippen LogP) is 4.92. The molecule has 1 saturated heterocycles. The molecule has 1 atom stereocenters. The largest absolute Gasteiger partial charge is 0.394 e. The van der Waals surface area contributed by atoms with Crippen LogP contribution in [0.1, 0.15) is 22.7 Å². The van der Waals surface area contributed by atoms with Crippen LogP contribution in [0.5, 0.6) is 0 Å². The van der Waals surface area contributed by atoms with Gasteiger partial charge in [0.05, 0.1) is 25.1 Å². The monoisotopic (exact) mass is 692 g/mol. The molecule has 0 spiro atoms. The van der Waals surface area contributed by atoms with Gasteiger partial charge < -0.3 is 41.0 Å². The van der Waals surface area contributed by atoms with Crippen molar-refractivity contribution in [3.63, 3.8) is 0 Å². The maximum atomic E-state index is 9.62. The minimum atomic E-state index is -0.864. The molecule has 6 aromatic heterocycles. The third-order valence-electron chi connectivity index (χ3n) is 9.45. The van der Waals surface area contributed by atoms with Crippen molar-refractivity contribution in [2.75, 3.05) is 47.1 Å². The van der Waals surface area contributed by atoms with E-state index in [-0.39, 0.29) is 13.2 Å². The Bertz CT molecular complexity index is 2540. The lowest BCUT2D eigenvalue weighted by molar-refractivity contribution is 0.105. The molecule has 0 bridgehead atoms. The third kappa shape index (κ3) is 6.48. The molecule has 0 saturated carbocycles. The van der Waals surface area contributed by atoms with Gasteiger partial charge in [-0.25, -0.2) is 29.9 Å². The average molecular weight is 693 g/mol. The standard InChI is InChI=1S/C38H36N12O2/c51-21-27(52)16-44-33-7-5-28-37(46-33)47-34(17-40-28)43-15-23-2-4-25-13-32(45-31(25)12-23)26-19-50(20-26)36-8-6-29-38(49-36)48-35(18-41-29)42-14-22-1-3-24-9-10-39-30(24)11-22/h1-13,17-18,26-27,39,45,51-52H,14-16,19-21H2,(H,42,48,49)(H2,43,44,46,47). The van der Waals surface area contributed by atoms with E-state index in [1.165, 1.54) is 16.5 Å². The van der Waals surface area contributed by atoms with Crippen molar-refractivity contribution in [2.24, 2.45) is 0 Å². The van der Waals surface area contributed by atoms with Crippen LogP contribution in [-0.4, -0.2) is 82.4 Å². The highest BCUT2D eigenvalue weighted by molar-refractivity contribution is 5.82. The maximum absolute atomic E-state index is 9.62. The lowest BCUT2D eigenvalue weighted by atomic mass is 9.96. The quantitative estimate of drug-likeness (QED) is 0.0917. The Kier molecular flexibility index (Phi) is 8.14. The molecule has 0 radical (unpaired) electrons. The molecule has 9 rings (SSSR count). The lowest BCUT2D eigenvalue weighted by Crippen LogP contribution is -2.45. The minimum Gasteiger partial charge on any atom is -0.394 e. The van der Waals surface area contributed by atoms with Crippen molar-refractivity contribution in [1.29, 1.82) is 0 Å². The molecule has 1 unspecified atom stereocenters. The number of aliphatic hydroxyl groups is 2. The number of aromatic nitrogens is 8. The van der Waals surface area contributed by atoms with Crippen LogP contribution < -0.4 is 20.9 Å². The van der Waals surface area contributed by atoms with Crippen molar-refractivity contribution in [1.82, 2.24) is 39.9 Å². The van der Waals surface area contributed by atoms with E-state index < -0.39 is 6.10 Å². The van der Waals surface area contributed by atoms with Crippen molar-refractivity contribution in [3.8, 4) is 0 Å². The Morgan fingerprint density at radius 3 is 2.13 bits per heavy atom. The zero-order valence-corrected chi connectivity index (χ0v) is 28.1. The molecule has 52 heavy (non-hydrogen) atoms. The summed E-state index contributed by atoms with van der Waals surface area (Å²) in [5.74, 6) is 3.13. The van der Waals surface area contributed by atoms with E-state index in [9.17, 15) is 5.11 Å². The summed E-state index contributed by atoms with van der Waals surface area (Å²) in [4.78, 5) is 37.0. The molecule has 0 aliphatic carbocycles. The number of anilines is 4. The summed E-state index contributed by atoms with van der Waals surface area (Å²) in [6, 6.07) is 24.7. The zero-order valence-electron chi connectivity index (χ0n) is 28.1. The van der Waals surface area contributed by atoms with E-state index in [1.807, 2.05) is 24.4 Å². The van der Waals surface area contributed by atoms with E-state index in [1.54, 1.807) is 18.5 Å². The summed E-state index contributed by atoms with van der Waals surface area (Å²) < 4.78 is 0. The van der Waals surface area contributed by atoms with Crippen LogP contribution in [0, 0.1) is 0 Å². The molecule has 1 aliphatic heterocycles. The van der Waals surface area contributed by atoms with Crippen molar-refractivity contribution < 1.29 is 10.2 Å². The van der Waals surface area contributed by atoms with Crippen LogP contribution in [0.2, 0.25) is 0 Å². The van der Waals surface area contributed by atoms with Crippen LogP contribution in [0.15, 0.2) is 91.4 Å². The van der Waals surface area contributed by atoms with E-state index in [4.69, 9.17) is 15.1 Å². The summed E-state index contributed by atoms with van der Waals surface area (Å²) in [5, 5.41) is 30.8. The molecule has 0 amide bonds. The summed E-state index contributed by atoms with van der Waals surface area (Å²) >= 11 is 0. The highest BCUT2D eigenvalue weighted by Crippen LogP contribution is 2.33. The van der Waals surface area contributed by atoms with E-state index in [0.717, 1.165) is 46.6 Å². The molecule has 7 heterocycles. The van der Waals surface area contributed by atoms with Gasteiger partial charge in [0.2, 0.25) is 0 Å². The zero-order chi connectivity index (χ0) is 35.0. The lowest BCUT2D eigenvalue weighted by Gasteiger charge is -2.39. The number of hydrogen-bond acceptors (Lipinski definition) is 12. The number of aromatic amines is 2. The Morgan fingerprint density at radius 1 is 0.712 bits per heavy atom. The summed E-state index contributed by atoms with van der Waals surface area (Å²) in [7, 11) is 0. The van der Waals surface area contributed by atoms with Crippen LogP contribution in [0.3, 0.4) is 0 Å². The highest BCUT2D eigenvalue weighted by atomic mass is 16.3. The van der Waals surface area contributed by atoms with Gasteiger partial charge >= 0.3 is 0 Å².